The highest BCUT2D eigenvalue weighted by atomic mass is 127. The van der Waals surface area contributed by atoms with Crippen LogP contribution in [-0.4, -0.2) is 26.2 Å². The molecule has 2 N–H and O–H groups in total. The maximum absolute atomic E-state index is 9.43. The van der Waals surface area contributed by atoms with Crippen molar-refractivity contribution < 1.29 is 9.59 Å². The molecule has 0 unspecified atom stereocenters. The molecule has 8 aromatic carbocycles. The highest BCUT2D eigenvalue weighted by Gasteiger charge is 2.10. The van der Waals surface area contributed by atoms with Gasteiger partial charge in [-0.25, -0.2) is 0 Å². The maximum Gasteiger partial charge on any atom is 0.206 e. The zero-order chi connectivity index (χ0) is 56.7. The van der Waals surface area contributed by atoms with Crippen molar-refractivity contribution in [3.8, 4) is 0 Å². The molecule has 0 fully saturated rings. The molecule has 0 spiro atoms. The van der Waals surface area contributed by atoms with Crippen LogP contribution in [0.1, 0.15) is 142 Å². The highest BCUT2D eigenvalue weighted by molar-refractivity contribution is 14.1. The lowest BCUT2D eigenvalue weighted by Crippen LogP contribution is -2.21. The van der Waals surface area contributed by atoms with E-state index in [0.717, 1.165) is 12.8 Å². The topological polar surface area (TPSA) is 40.5 Å². The first kappa shape index (κ1) is 67.8. The van der Waals surface area contributed by atoms with E-state index in [1.165, 1.54) is 151 Å². The fourth-order valence-corrected chi connectivity index (χ4v) is 11.3. The summed E-state index contributed by atoms with van der Waals surface area (Å²) in [5, 5.41) is 10.7. The molecule has 0 aliphatic carbocycles. The first-order valence-corrected chi connectivity index (χ1v) is 37.3. The van der Waals surface area contributed by atoms with Crippen LogP contribution in [0.15, 0.2) is 206 Å². The Morgan fingerprint density at radius 1 is 0.321 bits per heavy atom. The van der Waals surface area contributed by atoms with Crippen LogP contribution in [0.5, 0.6) is 0 Å². The van der Waals surface area contributed by atoms with Crippen molar-refractivity contribution in [3.63, 3.8) is 0 Å². The molecule has 8 aromatic rings. The van der Waals surface area contributed by atoms with Crippen molar-refractivity contribution in [2.45, 2.75) is 157 Å². The van der Waals surface area contributed by atoms with Gasteiger partial charge in [-0.15, -0.1) is 0 Å². The Labute approximate surface area is 502 Å². The second kappa shape index (κ2) is 40.7. The molecule has 0 heterocycles. The number of hydrogen-bond donors (Lipinski definition) is 2. The van der Waals surface area contributed by atoms with Gasteiger partial charge >= 0.3 is 0 Å². The van der Waals surface area contributed by atoms with Crippen LogP contribution in [0.2, 0.25) is 26.2 Å². The molecule has 0 amide bonds. The van der Waals surface area contributed by atoms with Crippen molar-refractivity contribution >= 4 is 117 Å². The number of unbranched alkanes of at least 4 members (excludes halogenated alkanes) is 12. The molecule has 416 valence electrons. The largest absolute Gasteiger partial charge is 0.428 e. The Bertz CT molecular complexity index is 2750. The van der Waals surface area contributed by atoms with Crippen LogP contribution in [0, 0.1) is 7.14 Å². The Balaban J connectivity index is 0.000000249. The summed E-state index contributed by atoms with van der Waals surface area (Å²) in [6.07, 6.45) is 33.6. The Morgan fingerprint density at radius 2 is 0.577 bits per heavy atom. The van der Waals surface area contributed by atoms with E-state index in [1.807, 2.05) is 37.6 Å². The van der Waals surface area contributed by atoms with Crippen LogP contribution in [0.3, 0.4) is 0 Å². The fraction of sp³-hybridized carbons (Fsp3) is 0.333. The number of hydrogen-bond acceptors (Lipinski definition) is 2. The van der Waals surface area contributed by atoms with E-state index in [1.54, 1.807) is 0 Å². The van der Waals surface area contributed by atoms with Crippen molar-refractivity contribution in [1.29, 1.82) is 0 Å². The van der Waals surface area contributed by atoms with Gasteiger partial charge in [0.2, 0.25) is 16.6 Å². The molecule has 0 atom stereocenters. The smallest absolute Gasteiger partial charge is 0.206 e. The average molecular weight is 1300 g/mol. The monoisotopic (exact) mass is 1300 g/mol. The third kappa shape index (κ3) is 29.7. The SMILES string of the molecule is CCCCC/C=C/[Si](C)(C)O.CCCCC/C=C/c1cccc2ccccc12.CCCCC/C=C\[Si](C)(C)O.CCCCC/C=C\c1cccc2ccccc12.Ic1cccc2ccccc12.Ic1cccc2ccccc12. The van der Waals surface area contributed by atoms with Gasteiger partial charge in [0.05, 0.1) is 0 Å². The van der Waals surface area contributed by atoms with Crippen LogP contribution >= 0.6 is 45.2 Å². The summed E-state index contributed by atoms with van der Waals surface area (Å²) in [5.74, 6) is 0. The van der Waals surface area contributed by atoms with E-state index in [4.69, 9.17) is 0 Å². The van der Waals surface area contributed by atoms with Gasteiger partial charge in [-0.1, -0.05) is 285 Å². The van der Waals surface area contributed by atoms with Crippen LogP contribution in [-0.2, 0) is 0 Å². The lowest BCUT2D eigenvalue weighted by atomic mass is 10.0. The molecule has 0 saturated heterocycles. The summed E-state index contributed by atoms with van der Waals surface area (Å²) < 4.78 is 2.64. The standard InChI is InChI=1S/2C17H20.2C10H7I.2C9H20OSi/c2*1-2-3-4-5-6-10-15-12-9-13-16-11-7-8-14-17(15)16;2*11-10-7-3-5-8-4-1-2-6-9(8)10;2*1-4-5-6-7-8-9-11(2,3)10/h2*6-14H,2-5H2,1H3;2*1-7H;2*8-10H,4-7H2,1-3H3/b10-6+;10-6-;;;9-8+;9-8-. The lowest BCUT2D eigenvalue weighted by Gasteiger charge is -2.05. The summed E-state index contributed by atoms with van der Waals surface area (Å²) in [7, 11) is -3.80. The molecule has 0 aromatic heterocycles. The fourth-order valence-electron chi connectivity index (χ4n) is 8.38. The van der Waals surface area contributed by atoms with E-state index >= 15 is 0 Å². The molecule has 78 heavy (non-hydrogen) atoms. The molecule has 0 aliphatic rings. The molecule has 0 radical (unpaired) electrons. The minimum Gasteiger partial charge on any atom is -0.428 e. The second-order valence-electron chi connectivity index (χ2n) is 21.0. The van der Waals surface area contributed by atoms with Crippen molar-refractivity contribution in [2.75, 3.05) is 0 Å². The van der Waals surface area contributed by atoms with Gasteiger partial charge in [0.25, 0.3) is 0 Å². The van der Waals surface area contributed by atoms with Gasteiger partial charge in [-0.3, -0.25) is 0 Å². The van der Waals surface area contributed by atoms with E-state index in [-0.39, 0.29) is 0 Å². The van der Waals surface area contributed by atoms with Crippen LogP contribution < -0.4 is 0 Å². The average Bonchev–Trinajstić information content (AvgIpc) is 3.45. The number of fused-ring (bicyclic) bond motifs is 4. The Kier molecular flexibility index (Phi) is 35.4. The highest BCUT2D eigenvalue weighted by Crippen LogP contribution is 2.23. The minimum atomic E-state index is -1.90. The number of halogens is 2. The van der Waals surface area contributed by atoms with Crippen LogP contribution in [0.4, 0.5) is 0 Å². The quantitative estimate of drug-likeness (QED) is 0.0454. The third-order valence-corrected chi connectivity index (χ3v) is 16.6. The number of benzene rings is 8. The zero-order valence-electron chi connectivity index (χ0n) is 48.7. The molecular formula is C72H94I2O2Si2. The van der Waals surface area contributed by atoms with Gasteiger partial charge in [0, 0.05) is 7.14 Å². The first-order valence-electron chi connectivity index (χ1n) is 29.1. The summed E-state index contributed by atoms with van der Waals surface area (Å²) in [6.45, 7) is 16.6. The third-order valence-electron chi connectivity index (χ3n) is 12.7. The van der Waals surface area contributed by atoms with Gasteiger partial charge in [0.15, 0.2) is 0 Å². The van der Waals surface area contributed by atoms with Gasteiger partial charge in [-0.2, -0.15) is 0 Å². The predicted molar refractivity (Wildman–Crippen MR) is 374 cm³/mol. The summed E-state index contributed by atoms with van der Waals surface area (Å²) in [6, 6.07) is 59.7. The van der Waals surface area contributed by atoms with Gasteiger partial charge < -0.3 is 9.59 Å². The van der Waals surface area contributed by atoms with Crippen LogP contribution in [0.25, 0.3) is 55.2 Å². The number of allylic oxidation sites excluding steroid dienone is 4. The number of rotatable bonds is 20. The molecular weight excluding hydrogens is 1210 g/mol. The maximum atomic E-state index is 9.43. The molecule has 0 bridgehead atoms. The Morgan fingerprint density at radius 3 is 0.872 bits per heavy atom. The first-order chi connectivity index (χ1) is 37.7. The van der Waals surface area contributed by atoms with Gasteiger partial charge in [-0.05, 0) is 189 Å². The molecule has 0 aliphatic heterocycles. The van der Waals surface area contributed by atoms with Gasteiger partial charge in [0.1, 0.15) is 0 Å². The van der Waals surface area contributed by atoms with Crippen molar-refractivity contribution in [1.82, 2.24) is 0 Å². The minimum absolute atomic E-state index is 1.13. The normalized spacial score (nSPS) is 11.4. The lowest BCUT2D eigenvalue weighted by molar-refractivity contribution is 0.566. The zero-order valence-corrected chi connectivity index (χ0v) is 55.1. The Hall–Kier alpha value is -4.43. The summed E-state index contributed by atoms with van der Waals surface area (Å²) >= 11 is 4.72. The van der Waals surface area contributed by atoms with Crippen molar-refractivity contribution in [3.05, 3.63) is 224 Å². The summed E-state index contributed by atoms with van der Waals surface area (Å²) in [4.78, 5) is 18.9. The van der Waals surface area contributed by atoms with E-state index in [2.05, 4.69) is 279 Å². The predicted octanol–water partition coefficient (Wildman–Crippen LogP) is 23.5. The van der Waals surface area contributed by atoms with E-state index < -0.39 is 16.6 Å². The molecule has 0 saturated carbocycles. The second-order valence-corrected chi connectivity index (χ2v) is 30.6. The molecule has 2 nitrogen and oxygen atoms in total. The van der Waals surface area contributed by atoms with Crippen molar-refractivity contribution in [2.24, 2.45) is 0 Å². The summed E-state index contributed by atoms with van der Waals surface area (Å²) in [5.41, 5.74) is 6.67. The molecule has 8 rings (SSSR count). The molecule has 6 heteroatoms. The van der Waals surface area contributed by atoms with E-state index in [9.17, 15) is 9.59 Å². The van der Waals surface area contributed by atoms with E-state index in [0.29, 0.717) is 0 Å².